The number of amides is 2. The monoisotopic (exact) mass is 404 g/mol. The summed E-state index contributed by atoms with van der Waals surface area (Å²) >= 11 is 0. The smallest absolute Gasteiger partial charge is 0.253 e. The highest BCUT2D eigenvalue weighted by molar-refractivity contribution is 6.04. The van der Waals surface area contributed by atoms with Gasteiger partial charge in [-0.15, -0.1) is 0 Å². The third-order valence-electron chi connectivity index (χ3n) is 4.97. The van der Waals surface area contributed by atoms with Crippen LogP contribution in [0.5, 0.6) is 0 Å². The van der Waals surface area contributed by atoms with E-state index in [0.717, 1.165) is 18.4 Å². The van der Waals surface area contributed by atoms with Gasteiger partial charge in [0.25, 0.3) is 5.91 Å². The van der Waals surface area contributed by atoms with Gasteiger partial charge in [0, 0.05) is 25.0 Å². The van der Waals surface area contributed by atoms with Crippen molar-refractivity contribution < 1.29 is 14.0 Å². The molecule has 4 rings (SSSR count). The quantitative estimate of drug-likeness (QED) is 0.572. The van der Waals surface area contributed by atoms with Crippen LogP contribution >= 0.6 is 0 Å². The minimum atomic E-state index is -0.267. The molecule has 0 unspecified atom stereocenters. The fourth-order valence-electron chi connectivity index (χ4n) is 3.32. The molecule has 7 heteroatoms. The molecule has 7 nitrogen and oxygen atoms in total. The molecule has 0 bridgehead atoms. The van der Waals surface area contributed by atoms with Gasteiger partial charge in [-0.05, 0) is 48.7 Å². The highest BCUT2D eigenvalue weighted by atomic mass is 16.3. The zero-order valence-corrected chi connectivity index (χ0v) is 16.6. The number of rotatable bonds is 9. The fourth-order valence-corrected chi connectivity index (χ4v) is 3.32. The van der Waals surface area contributed by atoms with Crippen molar-refractivity contribution in [3.63, 3.8) is 0 Å². The summed E-state index contributed by atoms with van der Waals surface area (Å²) in [5.41, 5.74) is 1.99. The van der Waals surface area contributed by atoms with Crippen LogP contribution in [-0.2, 0) is 17.9 Å². The minimum Gasteiger partial charge on any atom is -0.467 e. The molecule has 0 spiro atoms. The van der Waals surface area contributed by atoms with E-state index in [-0.39, 0.29) is 24.9 Å². The average Bonchev–Trinajstić information content (AvgIpc) is 3.48. The maximum atomic E-state index is 12.7. The number of hydrogen-bond donors (Lipinski definition) is 2. The molecule has 0 atom stereocenters. The summed E-state index contributed by atoms with van der Waals surface area (Å²) in [6.45, 7) is 1.23. The van der Waals surface area contributed by atoms with E-state index in [2.05, 4.69) is 20.5 Å². The molecule has 2 amide bonds. The van der Waals surface area contributed by atoms with Crippen LogP contribution in [0, 0.1) is 0 Å². The summed E-state index contributed by atoms with van der Waals surface area (Å²) in [5.74, 6) is 0.258. The number of carbonyl (C=O) groups is 2. The molecular formula is C23H24N4O3. The lowest BCUT2D eigenvalue weighted by Crippen LogP contribution is -2.35. The number of hydrogen-bond acceptors (Lipinski definition) is 5. The summed E-state index contributed by atoms with van der Waals surface area (Å²) in [5, 5.41) is 5.72. The number of nitrogens with zero attached hydrogens (tertiary/aromatic N) is 2. The highest BCUT2D eigenvalue weighted by Crippen LogP contribution is 2.28. The van der Waals surface area contributed by atoms with Crippen molar-refractivity contribution in [2.75, 3.05) is 11.9 Å². The van der Waals surface area contributed by atoms with Crippen LogP contribution in [0.4, 0.5) is 5.69 Å². The van der Waals surface area contributed by atoms with E-state index >= 15 is 0 Å². The van der Waals surface area contributed by atoms with Crippen molar-refractivity contribution in [2.24, 2.45) is 0 Å². The third kappa shape index (κ3) is 5.33. The first-order chi connectivity index (χ1) is 14.7. The van der Waals surface area contributed by atoms with Gasteiger partial charge in [0.15, 0.2) is 0 Å². The summed E-state index contributed by atoms with van der Waals surface area (Å²) in [6.07, 6.45) is 7.32. The molecule has 2 aromatic heterocycles. The van der Waals surface area contributed by atoms with Gasteiger partial charge in [0.05, 0.1) is 30.6 Å². The Morgan fingerprint density at radius 2 is 1.97 bits per heavy atom. The lowest BCUT2D eigenvalue weighted by Gasteiger charge is -2.21. The lowest BCUT2D eigenvalue weighted by molar-refractivity contribution is -0.117. The van der Waals surface area contributed by atoms with Crippen LogP contribution < -0.4 is 10.6 Å². The molecule has 2 N–H and O–H groups in total. The largest absolute Gasteiger partial charge is 0.467 e. The molecule has 0 aliphatic heterocycles. The molecule has 0 radical (unpaired) electrons. The van der Waals surface area contributed by atoms with Gasteiger partial charge in [-0.25, -0.2) is 0 Å². The van der Waals surface area contributed by atoms with Crippen LogP contribution in [0.3, 0.4) is 0 Å². The van der Waals surface area contributed by atoms with Crippen LogP contribution in [0.1, 0.15) is 34.5 Å². The predicted octanol–water partition coefficient (Wildman–Crippen LogP) is 3.21. The van der Waals surface area contributed by atoms with Crippen LogP contribution in [0.2, 0.25) is 0 Å². The van der Waals surface area contributed by atoms with Crippen molar-refractivity contribution in [1.29, 1.82) is 0 Å². The van der Waals surface area contributed by atoms with Crippen LogP contribution in [0.25, 0.3) is 0 Å². The number of benzene rings is 1. The number of anilines is 1. The molecule has 1 aliphatic carbocycles. The van der Waals surface area contributed by atoms with Gasteiger partial charge < -0.3 is 15.1 Å². The Hall–Kier alpha value is -3.45. The van der Waals surface area contributed by atoms with Crippen molar-refractivity contribution in [3.8, 4) is 0 Å². The van der Waals surface area contributed by atoms with Crippen LogP contribution in [-0.4, -0.2) is 34.3 Å². The van der Waals surface area contributed by atoms with Crippen LogP contribution in [0.15, 0.2) is 71.6 Å². The average molecular weight is 404 g/mol. The summed E-state index contributed by atoms with van der Waals surface area (Å²) < 4.78 is 5.24. The first kappa shape index (κ1) is 19.8. The zero-order chi connectivity index (χ0) is 20.8. The topological polar surface area (TPSA) is 87.5 Å². The number of furan rings is 1. The first-order valence-corrected chi connectivity index (χ1v) is 10.0. The summed E-state index contributed by atoms with van der Waals surface area (Å²) in [6, 6.07) is 14.9. The summed E-state index contributed by atoms with van der Waals surface area (Å²) in [4.78, 5) is 31.7. The number of nitrogens with one attached hydrogen (secondary N) is 2. The van der Waals surface area contributed by atoms with Gasteiger partial charge in [0.1, 0.15) is 5.76 Å². The summed E-state index contributed by atoms with van der Waals surface area (Å²) in [7, 11) is 0. The maximum Gasteiger partial charge on any atom is 0.253 e. The maximum absolute atomic E-state index is 12.7. The number of carbonyl (C=O) groups excluding carboxylic acids is 2. The lowest BCUT2D eigenvalue weighted by atomic mass is 10.1. The second kappa shape index (κ2) is 9.37. The standard InChI is InChI=1S/C23H24N4O3/c28-22(16-27(18-9-10-18)15-17-5-3-11-24-13-17)26-21-8-2-1-7-20(21)23(29)25-14-19-6-4-12-30-19/h1-8,11-13,18H,9-10,14-16H2,(H,25,29)(H,26,28). The van der Waals surface area contributed by atoms with Crippen molar-refractivity contribution >= 4 is 17.5 Å². The molecule has 1 aliphatic rings. The minimum absolute atomic E-state index is 0.142. The van der Waals surface area contributed by atoms with Gasteiger partial charge in [0.2, 0.25) is 5.91 Å². The molecule has 1 saturated carbocycles. The van der Waals surface area contributed by atoms with E-state index in [9.17, 15) is 9.59 Å². The number of pyridine rings is 1. The van der Waals surface area contributed by atoms with E-state index in [4.69, 9.17) is 4.42 Å². The Morgan fingerprint density at radius 1 is 1.10 bits per heavy atom. The van der Waals surface area contributed by atoms with E-state index in [1.807, 2.05) is 18.3 Å². The third-order valence-corrected chi connectivity index (χ3v) is 4.97. The highest BCUT2D eigenvalue weighted by Gasteiger charge is 2.30. The predicted molar refractivity (Wildman–Crippen MR) is 113 cm³/mol. The van der Waals surface area contributed by atoms with Gasteiger partial charge >= 0.3 is 0 Å². The fraction of sp³-hybridized carbons (Fsp3) is 0.261. The molecule has 154 valence electrons. The van der Waals surface area contributed by atoms with Gasteiger partial charge in [-0.1, -0.05) is 18.2 Å². The van der Waals surface area contributed by atoms with E-state index in [1.165, 1.54) is 0 Å². The van der Waals surface area contributed by atoms with Crippen molar-refractivity contribution in [3.05, 3.63) is 84.1 Å². The Labute approximate surface area is 175 Å². The number of aromatic nitrogens is 1. The Balaban J connectivity index is 1.38. The second-order valence-electron chi connectivity index (χ2n) is 7.35. The van der Waals surface area contributed by atoms with Gasteiger partial charge in [-0.3, -0.25) is 19.5 Å². The Kier molecular flexibility index (Phi) is 6.20. The molecule has 1 fully saturated rings. The molecule has 30 heavy (non-hydrogen) atoms. The van der Waals surface area contributed by atoms with E-state index in [0.29, 0.717) is 29.6 Å². The Morgan fingerprint density at radius 3 is 2.70 bits per heavy atom. The van der Waals surface area contributed by atoms with E-state index < -0.39 is 0 Å². The molecular weight excluding hydrogens is 380 g/mol. The molecule has 1 aromatic carbocycles. The van der Waals surface area contributed by atoms with E-state index in [1.54, 1.807) is 48.9 Å². The first-order valence-electron chi connectivity index (χ1n) is 10.0. The van der Waals surface area contributed by atoms with Crippen molar-refractivity contribution in [2.45, 2.75) is 32.0 Å². The Bertz CT molecular complexity index is 985. The molecule has 2 heterocycles. The zero-order valence-electron chi connectivity index (χ0n) is 16.6. The SMILES string of the molecule is O=C(CN(Cc1cccnc1)C1CC1)Nc1ccccc1C(=O)NCc1ccco1. The molecule has 0 saturated heterocycles. The second-order valence-corrected chi connectivity index (χ2v) is 7.35. The normalized spacial score (nSPS) is 13.2. The van der Waals surface area contributed by atoms with Gasteiger partial charge in [-0.2, -0.15) is 0 Å². The number of para-hydroxylation sites is 1. The van der Waals surface area contributed by atoms with Crippen molar-refractivity contribution in [1.82, 2.24) is 15.2 Å². The molecule has 3 aromatic rings.